The molecule has 108 valence electrons. The minimum atomic E-state index is -0.477. The molecule has 19 heavy (non-hydrogen) atoms. The average molecular weight is 269 g/mol. The highest BCUT2D eigenvalue weighted by Crippen LogP contribution is 2.12. The van der Waals surface area contributed by atoms with Crippen LogP contribution in [0.25, 0.3) is 0 Å². The number of methoxy groups -OCH3 is 1. The Balaban J connectivity index is 2.46. The van der Waals surface area contributed by atoms with Crippen LogP contribution in [0.2, 0.25) is 0 Å². The van der Waals surface area contributed by atoms with Gasteiger partial charge in [-0.05, 0) is 12.8 Å². The molecule has 1 aromatic rings. The van der Waals surface area contributed by atoms with Gasteiger partial charge in [-0.25, -0.2) is 0 Å². The fourth-order valence-electron chi connectivity index (χ4n) is 1.54. The van der Waals surface area contributed by atoms with Gasteiger partial charge in [-0.2, -0.15) is 9.97 Å². The van der Waals surface area contributed by atoms with E-state index in [1.54, 1.807) is 13.2 Å². The second-order valence-electron chi connectivity index (χ2n) is 4.25. The molecule has 0 aliphatic heterocycles. The number of anilines is 3. The largest absolute Gasteiger partial charge is 0.391 e. The summed E-state index contributed by atoms with van der Waals surface area (Å²) in [6.07, 6.45) is 1.11. The van der Waals surface area contributed by atoms with Crippen molar-refractivity contribution in [3.8, 4) is 0 Å². The Morgan fingerprint density at radius 3 is 2.53 bits per heavy atom. The van der Waals surface area contributed by atoms with E-state index in [0.717, 1.165) is 13.0 Å². The number of aliphatic hydroxyl groups is 1. The third kappa shape index (κ3) is 6.21. The summed E-state index contributed by atoms with van der Waals surface area (Å²) in [5.74, 6) is 1.58. The fourth-order valence-corrected chi connectivity index (χ4v) is 1.54. The summed E-state index contributed by atoms with van der Waals surface area (Å²) < 4.78 is 4.86. The van der Waals surface area contributed by atoms with Crippen molar-refractivity contribution in [1.29, 1.82) is 0 Å². The number of nitrogens with zero attached hydrogens (tertiary/aromatic N) is 2. The van der Waals surface area contributed by atoms with Crippen molar-refractivity contribution in [2.75, 3.05) is 43.2 Å². The maximum Gasteiger partial charge on any atom is 0.223 e. The molecule has 7 heteroatoms. The number of hydrogen-bond acceptors (Lipinski definition) is 7. The lowest BCUT2D eigenvalue weighted by Crippen LogP contribution is -2.19. The third-order valence-corrected chi connectivity index (χ3v) is 2.44. The molecule has 1 atom stereocenters. The number of hydrogen-bond donors (Lipinski definition) is 4. The van der Waals surface area contributed by atoms with Crippen molar-refractivity contribution < 1.29 is 9.84 Å². The summed E-state index contributed by atoms with van der Waals surface area (Å²) in [6, 6.07) is 1.80. The van der Waals surface area contributed by atoms with Gasteiger partial charge in [-0.3, -0.25) is 0 Å². The van der Waals surface area contributed by atoms with Gasteiger partial charge in [0.05, 0.1) is 12.7 Å². The summed E-state index contributed by atoms with van der Waals surface area (Å²) in [4.78, 5) is 8.18. The maximum absolute atomic E-state index is 9.52. The van der Waals surface area contributed by atoms with Gasteiger partial charge in [-0.1, -0.05) is 6.92 Å². The Hall–Kier alpha value is -1.60. The number of nitrogen functional groups attached to an aromatic ring is 1. The number of rotatable bonds is 9. The molecule has 0 saturated carbocycles. The van der Waals surface area contributed by atoms with E-state index < -0.39 is 6.10 Å². The summed E-state index contributed by atoms with van der Waals surface area (Å²) in [5, 5.41) is 15.8. The lowest BCUT2D eigenvalue weighted by molar-refractivity contribution is 0.0615. The van der Waals surface area contributed by atoms with Crippen LogP contribution in [0.5, 0.6) is 0 Å². The van der Waals surface area contributed by atoms with Crippen molar-refractivity contribution in [1.82, 2.24) is 9.97 Å². The highest BCUT2D eigenvalue weighted by molar-refractivity contribution is 5.50. The van der Waals surface area contributed by atoms with Gasteiger partial charge in [0.25, 0.3) is 0 Å². The normalized spacial score (nSPS) is 12.2. The topological polar surface area (TPSA) is 105 Å². The smallest absolute Gasteiger partial charge is 0.223 e. The summed E-state index contributed by atoms with van der Waals surface area (Å²) in [5.41, 5.74) is 5.64. The van der Waals surface area contributed by atoms with Crippen molar-refractivity contribution in [3.63, 3.8) is 0 Å². The van der Waals surface area contributed by atoms with Crippen LogP contribution in [0.3, 0.4) is 0 Å². The van der Waals surface area contributed by atoms with Crippen LogP contribution in [0, 0.1) is 0 Å². The van der Waals surface area contributed by atoms with E-state index in [1.165, 1.54) is 0 Å². The zero-order chi connectivity index (χ0) is 14.1. The maximum atomic E-state index is 9.52. The molecule has 1 unspecified atom stereocenters. The molecule has 1 heterocycles. The van der Waals surface area contributed by atoms with Gasteiger partial charge in [-0.15, -0.1) is 0 Å². The van der Waals surface area contributed by atoms with Crippen molar-refractivity contribution in [2.45, 2.75) is 25.9 Å². The summed E-state index contributed by atoms with van der Waals surface area (Å²) in [7, 11) is 1.56. The zero-order valence-corrected chi connectivity index (χ0v) is 11.5. The fraction of sp³-hybridized carbons (Fsp3) is 0.667. The molecule has 0 amide bonds. The predicted octanol–water partition coefficient (Wildman–Crippen LogP) is 0.690. The Morgan fingerprint density at radius 1 is 1.32 bits per heavy atom. The molecule has 0 aliphatic rings. The minimum absolute atomic E-state index is 0.223. The van der Waals surface area contributed by atoms with E-state index in [9.17, 15) is 5.11 Å². The standard InChI is InChI=1S/C12H23N5O2/c1-3-5-14-10-7-11(17-12(13)16-10)15-6-4-9(18)8-19-2/h7,9,18H,3-6,8H2,1-2H3,(H4,13,14,15,16,17). The van der Waals surface area contributed by atoms with Crippen LogP contribution < -0.4 is 16.4 Å². The van der Waals surface area contributed by atoms with Gasteiger partial charge < -0.3 is 26.2 Å². The second kappa shape index (κ2) is 8.49. The van der Waals surface area contributed by atoms with Gasteiger partial charge in [0.2, 0.25) is 5.95 Å². The predicted molar refractivity (Wildman–Crippen MR) is 76.2 cm³/mol. The Labute approximate surface area is 113 Å². The lowest BCUT2D eigenvalue weighted by Gasteiger charge is -2.12. The first-order valence-electron chi connectivity index (χ1n) is 6.45. The van der Waals surface area contributed by atoms with Crippen molar-refractivity contribution in [3.05, 3.63) is 6.07 Å². The van der Waals surface area contributed by atoms with Crippen LogP contribution >= 0.6 is 0 Å². The number of aromatic nitrogens is 2. The second-order valence-corrected chi connectivity index (χ2v) is 4.25. The first-order chi connectivity index (χ1) is 9.15. The number of aliphatic hydroxyl groups excluding tert-OH is 1. The van der Waals surface area contributed by atoms with Gasteiger partial charge in [0, 0.05) is 26.3 Å². The van der Waals surface area contributed by atoms with E-state index in [1.807, 2.05) is 0 Å². The van der Waals surface area contributed by atoms with Crippen LogP contribution in [-0.2, 0) is 4.74 Å². The van der Waals surface area contributed by atoms with E-state index in [2.05, 4.69) is 27.5 Å². The molecule has 0 bridgehead atoms. The number of nitrogens with two attached hydrogens (primary N) is 1. The average Bonchev–Trinajstić information content (AvgIpc) is 2.36. The highest BCUT2D eigenvalue weighted by atomic mass is 16.5. The molecule has 0 spiro atoms. The number of ether oxygens (including phenoxy) is 1. The molecule has 7 nitrogen and oxygen atoms in total. The third-order valence-electron chi connectivity index (χ3n) is 2.44. The summed E-state index contributed by atoms with van der Waals surface area (Å²) >= 11 is 0. The molecular formula is C12H23N5O2. The molecule has 0 radical (unpaired) electrons. The van der Waals surface area contributed by atoms with Gasteiger partial charge >= 0.3 is 0 Å². The lowest BCUT2D eigenvalue weighted by atomic mass is 10.2. The van der Waals surface area contributed by atoms with Crippen molar-refractivity contribution >= 4 is 17.6 Å². The molecule has 0 aliphatic carbocycles. The summed E-state index contributed by atoms with van der Waals surface area (Å²) in [6.45, 7) is 3.83. The molecule has 0 saturated heterocycles. The molecule has 0 fully saturated rings. The minimum Gasteiger partial charge on any atom is -0.391 e. The van der Waals surface area contributed by atoms with E-state index in [4.69, 9.17) is 10.5 Å². The SMILES string of the molecule is CCCNc1cc(NCCC(O)COC)nc(N)n1. The molecular weight excluding hydrogens is 246 g/mol. The zero-order valence-electron chi connectivity index (χ0n) is 11.5. The first-order valence-corrected chi connectivity index (χ1v) is 6.45. The van der Waals surface area contributed by atoms with E-state index in [-0.39, 0.29) is 5.95 Å². The van der Waals surface area contributed by atoms with Gasteiger partial charge in [0.1, 0.15) is 11.6 Å². The number of nitrogens with one attached hydrogen (secondary N) is 2. The monoisotopic (exact) mass is 269 g/mol. The first kappa shape index (κ1) is 15.5. The van der Waals surface area contributed by atoms with Crippen LogP contribution in [-0.4, -0.2) is 48.0 Å². The van der Waals surface area contributed by atoms with Gasteiger partial charge in [0.15, 0.2) is 0 Å². The van der Waals surface area contributed by atoms with Crippen molar-refractivity contribution in [2.24, 2.45) is 0 Å². The Bertz CT molecular complexity index is 375. The Kier molecular flexibility index (Phi) is 6.91. The molecule has 1 rings (SSSR count). The Morgan fingerprint density at radius 2 is 1.95 bits per heavy atom. The molecule has 5 N–H and O–H groups in total. The molecule has 1 aromatic heterocycles. The van der Waals surface area contributed by atoms with Crippen LogP contribution in [0.15, 0.2) is 6.07 Å². The highest BCUT2D eigenvalue weighted by Gasteiger charge is 2.05. The van der Waals surface area contributed by atoms with Crippen LogP contribution in [0.1, 0.15) is 19.8 Å². The van der Waals surface area contributed by atoms with E-state index in [0.29, 0.717) is 31.2 Å². The van der Waals surface area contributed by atoms with E-state index >= 15 is 0 Å². The quantitative estimate of drug-likeness (QED) is 0.522. The molecule has 0 aromatic carbocycles. The van der Waals surface area contributed by atoms with Crippen LogP contribution in [0.4, 0.5) is 17.6 Å².